The molecule has 0 radical (unpaired) electrons. The van der Waals surface area contributed by atoms with E-state index in [1.807, 2.05) is 24.3 Å². The van der Waals surface area contributed by atoms with E-state index < -0.39 is 28.4 Å². The predicted molar refractivity (Wildman–Crippen MR) is 112 cm³/mol. The van der Waals surface area contributed by atoms with Gasteiger partial charge in [-0.3, -0.25) is 20.4 Å². The molecule has 0 aliphatic carbocycles. The van der Waals surface area contributed by atoms with Gasteiger partial charge >= 0.3 is 0 Å². The zero-order chi connectivity index (χ0) is 21.7. The van der Waals surface area contributed by atoms with E-state index in [0.29, 0.717) is 11.3 Å². The summed E-state index contributed by atoms with van der Waals surface area (Å²) in [6.07, 6.45) is 0. The van der Waals surface area contributed by atoms with Crippen LogP contribution in [0.25, 0.3) is 10.8 Å². The van der Waals surface area contributed by atoms with Gasteiger partial charge in [-0.25, -0.2) is 8.42 Å². The SMILES string of the molecule is COc1ccc(C(=O)NNC(=O)CN(C)S(=O)(=O)c2ccc3ccccc3c2)cc1. The fraction of sp³-hybridized carbons (Fsp3) is 0.143. The molecule has 0 unspecified atom stereocenters. The Morgan fingerprint density at radius 1 is 0.933 bits per heavy atom. The molecule has 0 saturated carbocycles. The number of hydrazine groups is 1. The number of ether oxygens (including phenoxy) is 1. The van der Waals surface area contributed by atoms with Gasteiger partial charge in [0.05, 0.1) is 18.6 Å². The summed E-state index contributed by atoms with van der Waals surface area (Å²) < 4.78 is 31.5. The lowest BCUT2D eigenvalue weighted by atomic mass is 10.1. The minimum absolute atomic E-state index is 0.0822. The summed E-state index contributed by atoms with van der Waals surface area (Å²) in [6.45, 7) is -0.460. The van der Waals surface area contributed by atoms with Crippen LogP contribution < -0.4 is 15.6 Å². The smallest absolute Gasteiger partial charge is 0.269 e. The Hall–Kier alpha value is -3.43. The number of hydrogen-bond donors (Lipinski definition) is 2. The van der Waals surface area contributed by atoms with Crippen molar-refractivity contribution in [1.29, 1.82) is 0 Å². The average Bonchev–Trinajstić information content (AvgIpc) is 2.77. The molecule has 0 fully saturated rings. The highest BCUT2D eigenvalue weighted by molar-refractivity contribution is 7.89. The average molecular weight is 427 g/mol. The molecule has 3 aromatic carbocycles. The Balaban J connectivity index is 1.61. The number of rotatable bonds is 6. The van der Waals surface area contributed by atoms with Gasteiger partial charge in [0, 0.05) is 12.6 Å². The maximum atomic E-state index is 12.8. The third-order valence-corrected chi connectivity index (χ3v) is 6.26. The number of sulfonamides is 1. The predicted octanol–water partition coefficient (Wildman–Crippen LogP) is 1.93. The number of nitrogens with one attached hydrogen (secondary N) is 2. The molecular weight excluding hydrogens is 406 g/mol. The molecule has 3 aromatic rings. The highest BCUT2D eigenvalue weighted by atomic mass is 32.2. The highest BCUT2D eigenvalue weighted by Gasteiger charge is 2.23. The van der Waals surface area contributed by atoms with E-state index in [-0.39, 0.29) is 4.90 Å². The maximum Gasteiger partial charge on any atom is 0.269 e. The molecule has 2 N–H and O–H groups in total. The second-order valence-corrected chi connectivity index (χ2v) is 8.55. The molecule has 30 heavy (non-hydrogen) atoms. The van der Waals surface area contributed by atoms with Crippen LogP contribution in [0.2, 0.25) is 0 Å². The first-order valence-electron chi connectivity index (χ1n) is 8.99. The van der Waals surface area contributed by atoms with Crippen LogP contribution in [-0.2, 0) is 14.8 Å². The largest absolute Gasteiger partial charge is 0.497 e. The van der Waals surface area contributed by atoms with Crippen LogP contribution in [-0.4, -0.2) is 45.2 Å². The first-order chi connectivity index (χ1) is 14.3. The van der Waals surface area contributed by atoms with Crippen molar-refractivity contribution >= 4 is 32.6 Å². The van der Waals surface area contributed by atoms with Crippen LogP contribution in [0, 0.1) is 0 Å². The van der Waals surface area contributed by atoms with Gasteiger partial charge in [-0.05, 0) is 47.2 Å². The van der Waals surface area contributed by atoms with Gasteiger partial charge in [-0.1, -0.05) is 30.3 Å². The Morgan fingerprint density at radius 2 is 1.60 bits per heavy atom. The standard InChI is InChI=1S/C21H21N3O5S/c1-24(30(27,28)19-12-9-15-5-3-4-6-17(15)13-19)14-20(25)22-23-21(26)16-7-10-18(29-2)11-8-16/h3-13H,14H2,1-2H3,(H,22,25)(H,23,26). The number of carbonyl (C=O) groups excluding carboxylic acids is 2. The Bertz CT molecular complexity index is 1180. The number of methoxy groups -OCH3 is 1. The number of carbonyl (C=O) groups is 2. The lowest BCUT2D eigenvalue weighted by Gasteiger charge is -2.17. The molecule has 0 saturated heterocycles. The summed E-state index contributed by atoms with van der Waals surface area (Å²) in [7, 11) is -1.07. The van der Waals surface area contributed by atoms with E-state index in [2.05, 4.69) is 10.9 Å². The quantitative estimate of drug-likeness (QED) is 0.585. The highest BCUT2D eigenvalue weighted by Crippen LogP contribution is 2.21. The molecule has 0 aromatic heterocycles. The van der Waals surface area contributed by atoms with Crippen LogP contribution >= 0.6 is 0 Å². The van der Waals surface area contributed by atoms with Gasteiger partial charge in [-0.15, -0.1) is 0 Å². The third-order valence-electron chi connectivity index (χ3n) is 4.46. The van der Waals surface area contributed by atoms with E-state index in [1.165, 1.54) is 32.4 Å². The van der Waals surface area contributed by atoms with Gasteiger partial charge in [0.25, 0.3) is 11.8 Å². The van der Waals surface area contributed by atoms with Crippen LogP contribution in [0.5, 0.6) is 5.75 Å². The summed E-state index contributed by atoms with van der Waals surface area (Å²) in [5, 5.41) is 1.70. The summed E-state index contributed by atoms with van der Waals surface area (Å²) in [6, 6.07) is 18.5. The molecule has 8 nitrogen and oxygen atoms in total. The number of likely N-dealkylation sites (N-methyl/N-ethyl adjacent to an activating group) is 1. The van der Waals surface area contributed by atoms with E-state index in [9.17, 15) is 18.0 Å². The first kappa shape index (κ1) is 21.3. The van der Waals surface area contributed by atoms with Crippen LogP contribution in [0.4, 0.5) is 0 Å². The number of nitrogens with zero attached hydrogens (tertiary/aromatic N) is 1. The van der Waals surface area contributed by atoms with Crippen molar-refractivity contribution in [3.05, 3.63) is 72.3 Å². The van der Waals surface area contributed by atoms with Crippen molar-refractivity contribution in [3.63, 3.8) is 0 Å². The zero-order valence-electron chi connectivity index (χ0n) is 16.5. The fourth-order valence-corrected chi connectivity index (χ4v) is 3.94. The van der Waals surface area contributed by atoms with Crippen LogP contribution in [0.15, 0.2) is 71.6 Å². The van der Waals surface area contributed by atoms with Gasteiger partial charge < -0.3 is 4.74 Å². The second-order valence-electron chi connectivity index (χ2n) is 6.50. The van der Waals surface area contributed by atoms with Crippen LogP contribution in [0.1, 0.15) is 10.4 Å². The summed E-state index contributed by atoms with van der Waals surface area (Å²) in [5.74, 6) is -0.620. The fourth-order valence-electron chi connectivity index (χ4n) is 2.78. The van der Waals surface area contributed by atoms with Gasteiger partial charge in [0.1, 0.15) is 5.75 Å². The molecule has 0 bridgehead atoms. The lowest BCUT2D eigenvalue weighted by molar-refractivity contribution is -0.121. The van der Waals surface area contributed by atoms with E-state index in [0.717, 1.165) is 15.1 Å². The Morgan fingerprint density at radius 3 is 2.27 bits per heavy atom. The van der Waals surface area contributed by atoms with Gasteiger partial charge in [0.2, 0.25) is 10.0 Å². The van der Waals surface area contributed by atoms with E-state index in [4.69, 9.17) is 4.74 Å². The molecule has 0 heterocycles. The maximum absolute atomic E-state index is 12.8. The third kappa shape index (κ3) is 4.76. The molecule has 0 spiro atoms. The minimum atomic E-state index is -3.88. The summed E-state index contributed by atoms with van der Waals surface area (Å²) in [5.41, 5.74) is 4.79. The Labute approximate surface area is 174 Å². The lowest BCUT2D eigenvalue weighted by Crippen LogP contribution is -2.46. The molecule has 2 amide bonds. The van der Waals surface area contributed by atoms with Crippen molar-refractivity contribution in [1.82, 2.24) is 15.2 Å². The normalized spacial score (nSPS) is 11.3. The van der Waals surface area contributed by atoms with Crippen molar-refractivity contribution in [2.75, 3.05) is 20.7 Å². The number of amides is 2. The van der Waals surface area contributed by atoms with Crippen molar-refractivity contribution in [2.45, 2.75) is 4.90 Å². The van der Waals surface area contributed by atoms with Crippen molar-refractivity contribution < 1.29 is 22.7 Å². The molecule has 0 atom stereocenters. The topological polar surface area (TPSA) is 105 Å². The van der Waals surface area contributed by atoms with E-state index in [1.54, 1.807) is 24.3 Å². The first-order valence-corrected chi connectivity index (χ1v) is 10.4. The Kier molecular flexibility index (Phi) is 6.34. The molecule has 3 rings (SSSR count). The number of benzene rings is 3. The van der Waals surface area contributed by atoms with E-state index >= 15 is 0 Å². The number of hydrogen-bond acceptors (Lipinski definition) is 5. The summed E-state index contributed by atoms with van der Waals surface area (Å²) >= 11 is 0. The molecule has 9 heteroatoms. The summed E-state index contributed by atoms with van der Waals surface area (Å²) in [4.78, 5) is 24.3. The molecule has 0 aliphatic rings. The molecule has 0 aliphatic heterocycles. The van der Waals surface area contributed by atoms with Gasteiger partial charge in [-0.2, -0.15) is 4.31 Å². The number of fused-ring (bicyclic) bond motifs is 1. The van der Waals surface area contributed by atoms with Crippen LogP contribution in [0.3, 0.4) is 0 Å². The van der Waals surface area contributed by atoms with Gasteiger partial charge in [0.15, 0.2) is 0 Å². The molecule has 156 valence electrons. The second kappa shape index (κ2) is 8.93. The monoisotopic (exact) mass is 427 g/mol. The van der Waals surface area contributed by atoms with Crippen molar-refractivity contribution in [2.24, 2.45) is 0 Å². The molecular formula is C21H21N3O5S. The minimum Gasteiger partial charge on any atom is -0.497 e. The zero-order valence-corrected chi connectivity index (χ0v) is 17.3. The van der Waals surface area contributed by atoms with Crippen molar-refractivity contribution in [3.8, 4) is 5.75 Å².